The van der Waals surface area contributed by atoms with E-state index < -0.39 is 0 Å². The van der Waals surface area contributed by atoms with Crippen LogP contribution in [-0.2, 0) is 11.2 Å². The minimum absolute atomic E-state index is 0.0126. The van der Waals surface area contributed by atoms with Crippen molar-refractivity contribution in [3.8, 4) is 5.69 Å². The number of fused-ring (bicyclic) bond motifs is 1. The zero-order valence-electron chi connectivity index (χ0n) is 16.2. The number of halogens is 2. The van der Waals surface area contributed by atoms with Crippen LogP contribution in [0.1, 0.15) is 28.4 Å². The van der Waals surface area contributed by atoms with Crippen LogP contribution < -0.4 is 4.90 Å². The van der Waals surface area contributed by atoms with Crippen molar-refractivity contribution >= 4 is 34.8 Å². The molecule has 0 aliphatic carbocycles. The van der Waals surface area contributed by atoms with Gasteiger partial charge in [-0.25, -0.2) is 4.68 Å². The Balaban J connectivity index is 1.64. The third kappa shape index (κ3) is 3.54. The van der Waals surface area contributed by atoms with Gasteiger partial charge in [-0.1, -0.05) is 41.4 Å². The van der Waals surface area contributed by atoms with Crippen LogP contribution >= 0.6 is 23.2 Å². The number of nitrogens with zero attached hydrogens (tertiary/aromatic N) is 3. The first-order valence-electron chi connectivity index (χ1n) is 9.41. The second-order valence-corrected chi connectivity index (χ2v) is 8.12. The van der Waals surface area contributed by atoms with Crippen molar-refractivity contribution < 1.29 is 9.90 Å². The number of benzene rings is 2. The van der Waals surface area contributed by atoms with Crippen molar-refractivity contribution in [3.63, 3.8) is 0 Å². The van der Waals surface area contributed by atoms with Crippen LogP contribution in [0, 0.1) is 13.8 Å². The summed E-state index contributed by atoms with van der Waals surface area (Å²) < 4.78 is 1.76. The molecule has 3 aromatic rings. The van der Waals surface area contributed by atoms with Crippen LogP contribution in [0.25, 0.3) is 5.69 Å². The van der Waals surface area contributed by atoms with Gasteiger partial charge >= 0.3 is 0 Å². The fraction of sp³-hybridized carbons (Fsp3) is 0.273. The van der Waals surface area contributed by atoms with E-state index in [2.05, 4.69) is 5.10 Å². The normalized spacial score (nSPS) is 15.6. The van der Waals surface area contributed by atoms with Crippen LogP contribution in [0.5, 0.6) is 0 Å². The van der Waals surface area contributed by atoms with Gasteiger partial charge in [0.1, 0.15) is 0 Å². The number of aryl methyl sites for hydroxylation is 1. The molecule has 0 saturated heterocycles. The Bertz CT molecular complexity index is 1090. The molecule has 150 valence electrons. The molecule has 0 radical (unpaired) electrons. The van der Waals surface area contributed by atoms with Crippen molar-refractivity contribution in [3.05, 3.63) is 75.0 Å². The maximum Gasteiger partial charge on any atom is 0.231 e. The lowest BCUT2D eigenvalue weighted by Gasteiger charge is -2.18. The highest BCUT2D eigenvalue weighted by Gasteiger charge is 2.32. The topological polar surface area (TPSA) is 58.4 Å². The molecule has 0 spiro atoms. The number of aliphatic hydroxyl groups is 1. The highest BCUT2D eigenvalue weighted by molar-refractivity contribution is 6.35. The standard InChI is InChI=1S/C22H21Cl2N3O2/c1-13-18(14(2)27(25-13)21-8-7-16(23)9-19(21)24)10-22(29)26-11-15(12-28)17-5-3-4-6-20(17)26/h3-9,15,28H,10-12H2,1-2H3. The van der Waals surface area contributed by atoms with Crippen LogP contribution in [0.3, 0.4) is 0 Å². The maximum absolute atomic E-state index is 13.2. The van der Waals surface area contributed by atoms with Crippen molar-refractivity contribution in [1.29, 1.82) is 0 Å². The molecule has 4 rings (SSSR count). The van der Waals surface area contributed by atoms with E-state index in [1.54, 1.807) is 21.7 Å². The summed E-state index contributed by atoms with van der Waals surface area (Å²) in [6.07, 6.45) is 0.232. The molecule has 1 aliphatic rings. The van der Waals surface area contributed by atoms with Gasteiger partial charge in [-0.05, 0) is 43.7 Å². The molecular formula is C22H21Cl2N3O2. The van der Waals surface area contributed by atoms with Gasteiger partial charge in [0.05, 0.1) is 29.4 Å². The number of aromatic nitrogens is 2. The molecule has 0 saturated carbocycles. The van der Waals surface area contributed by atoms with E-state index >= 15 is 0 Å². The number of aliphatic hydroxyl groups excluding tert-OH is 1. The number of carbonyl (C=O) groups excluding carboxylic acids is 1. The van der Waals surface area contributed by atoms with Crippen LogP contribution in [0.15, 0.2) is 42.5 Å². The molecular weight excluding hydrogens is 409 g/mol. The summed E-state index contributed by atoms with van der Waals surface area (Å²) in [5.41, 5.74) is 5.15. The molecule has 1 unspecified atom stereocenters. The number of amides is 1. The van der Waals surface area contributed by atoms with E-state index in [0.29, 0.717) is 16.6 Å². The van der Waals surface area contributed by atoms with E-state index in [1.807, 2.05) is 44.2 Å². The summed E-state index contributed by atoms with van der Waals surface area (Å²) in [4.78, 5) is 14.9. The SMILES string of the molecule is Cc1nn(-c2ccc(Cl)cc2Cl)c(C)c1CC(=O)N1CC(CO)c2ccccc21. The van der Waals surface area contributed by atoms with Crippen molar-refractivity contribution in [2.24, 2.45) is 0 Å². The van der Waals surface area contributed by atoms with Crippen molar-refractivity contribution in [2.75, 3.05) is 18.1 Å². The molecule has 0 fully saturated rings. The number of hydrogen-bond donors (Lipinski definition) is 1. The quantitative estimate of drug-likeness (QED) is 0.665. The maximum atomic E-state index is 13.2. The van der Waals surface area contributed by atoms with Crippen LogP contribution in [0.2, 0.25) is 10.0 Å². The molecule has 1 amide bonds. The molecule has 1 atom stereocenters. The minimum atomic E-state index is -0.0482. The van der Waals surface area contributed by atoms with Gasteiger partial charge in [-0.2, -0.15) is 5.10 Å². The summed E-state index contributed by atoms with van der Waals surface area (Å²) >= 11 is 12.4. The molecule has 29 heavy (non-hydrogen) atoms. The first-order chi connectivity index (χ1) is 13.9. The Hall–Kier alpha value is -2.34. The van der Waals surface area contributed by atoms with E-state index in [0.717, 1.165) is 33.9 Å². The Morgan fingerprint density at radius 3 is 2.66 bits per heavy atom. The van der Waals surface area contributed by atoms with E-state index in [9.17, 15) is 9.90 Å². The van der Waals surface area contributed by atoms with Gasteiger partial charge in [0, 0.05) is 34.4 Å². The van der Waals surface area contributed by atoms with Crippen LogP contribution in [-0.4, -0.2) is 33.9 Å². The molecule has 2 heterocycles. The number of anilines is 1. The Kier molecular flexibility index (Phi) is 5.38. The number of rotatable bonds is 4. The average molecular weight is 430 g/mol. The lowest BCUT2D eigenvalue weighted by atomic mass is 10.0. The average Bonchev–Trinajstić information content (AvgIpc) is 3.21. The van der Waals surface area contributed by atoms with Gasteiger partial charge in [0.25, 0.3) is 0 Å². The van der Waals surface area contributed by atoms with Gasteiger partial charge < -0.3 is 10.0 Å². The van der Waals surface area contributed by atoms with Gasteiger partial charge in [-0.3, -0.25) is 4.79 Å². The second kappa shape index (κ2) is 7.82. The lowest BCUT2D eigenvalue weighted by molar-refractivity contribution is -0.118. The first-order valence-corrected chi connectivity index (χ1v) is 10.2. The second-order valence-electron chi connectivity index (χ2n) is 7.28. The molecule has 1 aromatic heterocycles. The zero-order chi connectivity index (χ0) is 20.7. The van der Waals surface area contributed by atoms with E-state index in [1.165, 1.54) is 0 Å². The molecule has 7 heteroatoms. The highest BCUT2D eigenvalue weighted by Crippen LogP contribution is 2.36. The largest absolute Gasteiger partial charge is 0.396 e. The predicted molar refractivity (Wildman–Crippen MR) is 115 cm³/mol. The summed E-state index contributed by atoms with van der Waals surface area (Å²) in [6, 6.07) is 13.0. The third-order valence-electron chi connectivity index (χ3n) is 5.50. The zero-order valence-corrected chi connectivity index (χ0v) is 17.7. The fourth-order valence-electron chi connectivity index (χ4n) is 3.95. The first kappa shape index (κ1) is 20.0. The summed E-state index contributed by atoms with van der Waals surface area (Å²) in [7, 11) is 0. The Morgan fingerprint density at radius 1 is 1.17 bits per heavy atom. The smallest absolute Gasteiger partial charge is 0.231 e. The third-order valence-corrected chi connectivity index (χ3v) is 6.04. The molecule has 1 aliphatic heterocycles. The Labute approximate surface area is 179 Å². The summed E-state index contributed by atoms with van der Waals surface area (Å²) in [6.45, 7) is 4.34. The Morgan fingerprint density at radius 2 is 1.93 bits per heavy atom. The molecule has 2 aromatic carbocycles. The number of hydrogen-bond acceptors (Lipinski definition) is 3. The van der Waals surface area contributed by atoms with E-state index in [4.69, 9.17) is 23.2 Å². The monoisotopic (exact) mass is 429 g/mol. The number of carbonyl (C=O) groups is 1. The van der Waals surface area contributed by atoms with Gasteiger partial charge in [0.15, 0.2) is 0 Å². The fourth-order valence-corrected chi connectivity index (χ4v) is 4.44. The van der Waals surface area contributed by atoms with E-state index in [-0.39, 0.29) is 24.9 Å². The van der Waals surface area contributed by atoms with Crippen molar-refractivity contribution in [2.45, 2.75) is 26.2 Å². The highest BCUT2D eigenvalue weighted by atomic mass is 35.5. The summed E-state index contributed by atoms with van der Waals surface area (Å²) in [5, 5.41) is 15.4. The predicted octanol–water partition coefficient (Wildman–Crippen LogP) is 4.46. The molecule has 0 bridgehead atoms. The molecule has 5 nitrogen and oxygen atoms in total. The number of para-hydroxylation sites is 1. The summed E-state index contributed by atoms with van der Waals surface area (Å²) in [5.74, 6) is -0.0608. The van der Waals surface area contributed by atoms with Crippen LogP contribution in [0.4, 0.5) is 5.69 Å². The van der Waals surface area contributed by atoms with Gasteiger partial charge in [-0.15, -0.1) is 0 Å². The molecule has 1 N–H and O–H groups in total. The minimum Gasteiger partial charge on any atom is -0.396 e. The van der Waals surface area contributed by atoms with Crippen molar-refractivity contribution in [1.82, 2.24) is 9.78 Å². The van der Waals surface area contributed by atoms with Gasteiger partial charge in [0.2, 0.25) is 5.91 Å². The lowest BCUT2D eigenvalue weighted by Crippen LogP contribution is -2.32.